The monoisotopic (exact) mass is 394 g/mol. The molecule has 1 aromatic heterocycles. The van der Waals surface area contributed by atoms with Gasteiger partial charge >= 0.3 is 0 Å². The average Bonchev–Trinajstić information content (AvgIpc) is 3.37. The molecule has 0 radical (unpaired) electrons. The summed E-state index contributed by atoms with van der Waals surface area (Å²) >= 11 is 6.78. The highest BCUT2D eigenvalue weighted by atomic mass is 32.2. The molecule has 1 N–H and O–H groups in total. The van der Waals surface area contributed by atoms with Crippen LogP contribution in [0.15, 0.2) is 53.6 Å². The first-order chi connectivity index (χ1) is 13.2. The summed E-state index contributed by atoms with van der Waals surface area (Å²) in [6.45, 7) is 0.639. The van der Waals surface area contributed by atoms with Gasteiger partial charge in [-0.05, 0) is 29.8 Å². The van der Waals surface area contributed by atoms with E-state index in [0.29, 0.717) is 21.5 Å². The second-order valence-electron chi connectivity index (χ2n) is 6.25. The predicted octanol–water partition coefficient (Wildman–Crippen LogP) is 4.30. The van der Waals surface area contributed by atoms with Gasteiger partial charge < -0.3 is 14.5 Å². The lowest BCUT2D eigenvalue weighted by Gasteiger charge is -2.14. The number of rotatable bonds is 3. The molecule has 1 saturated heterocycles. The van der Waals surface area contributed by atoms with E-state index in [4.69, 9.17) is 21.7 Å². The molecular formula is C20H14N2O3S2. The van der Waals surface area contributed by atoms with Crippen LogP contribution >= 0.6 is 24.0 Å². The summed E-state index contributed by atoms with van der Waals surface area (Å²) in [4.78, 5) is 18.4. The summed E-state index contributed by atoms with van der Waals surface area (Å²) in [5.74, 6) is 1.35. The number of carbonyl (C=O) groups excluding carboxylic acids is 1. The Hall–Kier alpha value is -2.77. The minimum Gasteiger partial charge on any atom is -0.454 e. The van der Waals surface area contributed by atoms with Crippen LogP contribution in [-0.4, -0.2) is 26.9 Å². The molecule has 5 nitrogen and oxygen atoms in total. The van der Waals surface area contributed by atoms with E-state index < -0.39 is 0 Å². The van der Waals surface area contributed by atoms with Crippen LogP contribution in [0, 0.1) is 0 Å². The highest BCUT2D eigenvalue weighted by Crippen LogP contribution is 2.37. The molecule has 3 heterocycles. The Morgan fingerprint density at radius 3 is 2.96 bits per heavy atom. The zero-order chi connectivity index (χ0) is 18.4. The molecule has 2 aliphatic rings. The number of amides is 1. The summed E-state index contributed by atoms with van der Waals surface area (Å²) in [6, 6.07) is 13.7. The van der Waals surface area contributed by atoms with Crippen molar-refractivity contribution in [1.29, 1.82) is 0 Å². The quantitative estimate of drug-likeness (QED) is 0.530. The Kier molecular flexibility index (Phi) is 3.91. The second kappa shape index (κ2) is 6.44. The lowest BCUT2D eigenvalue weighted by atomic mass is 10.1. The number of fused-ring (bicyclic) bond motifs is 2. The van der Waals surface area contributed by atoms with Crippen molar-refractivity contribution in [2.45, 2.75) is 6.54 Å². The number of ether oxygens (including phenoxy) is 2. The lowest BCUT2D eigenvalue weighted by molar-refractivity contribution is -0.122. The van der Waals surface area contributed by atoms with Gasteiger partial charge in [0.25, 0.3) is 5.91 Å². The molecule has 1 fully saturated rings. The first kappa shape index (κ1) is 16.4. The number of nitrogens with zero attached hydrogens (tertiary/aromatic N) is 1. The maximum atomic E-state index is 12.9. The third-order valence-electron chi connectivity index (χ3n) is 4.56. The van der Waals surface area contributed by atoms with Crippen molar-refractivity contribution in [2.24, 2.45) is 0 Å². The maximum absolute atomic E-state index is 12.9. The van der Waals surface area contributed by atoms with Crippen LogP contribution in [0.5, 0.6) is 11.5 Å². The molecule has 0 aliphatic carbocycles. The van der Waals surface area contributed by atoms with Crippen molar-refractivity contribution >= 4 is 51.2 Å². The van der Waals surface area contributed by atoms with Gasteiger partial charge in [0.05, 0.1) is 11.4 Å². The summed E-state index contributed by atoms with van der Waals surface area (Å²) in [7, 11) is 0. The normalized spacial score (nSPS) is 17.5. The summed E-state index contributed by atoms with van der Waals surface area (Å²) in [5.41, 5.74) is 2.97. The Morgan fingerprint density at radius 2 is 2.04 bits per heavy atom. The van der Waals surface area contributed by atoms with Crippen molar-refractivity contribution in [3.63, 3.8) is 0 Å². The average molecular weight is 394 g/mol. The number of aromatic nitrogens is 1. The summed E-state index contributed by atoms with van der Waals surface area (Å²) < 4.78 is 11.3. The molecule has 2 aliphatic heterocycles. The van der Waals surface area contributed by atoms with E-state index in [1.54, 1.807) is 4.90 Å². The van der Waals surface area contributed by atoms with E-state index in [2.05, 4.69) is 4.98 Å². The largest absolute Gasteiger partial charge is 0.454 e. The van der Waals surface area contributed by atoms with Gasteiger partial charge in [-0.15, -0.1) is 0 Å². The van der Waals surface area contributed by atoms with Gasteiger partial charge in [0.2, 0.25) is 6.79 Å². The molecule has 27 heavy (non-hydrogen) atoms. The van der Waals surface area contributed by atoms with Gasteiger partial charge in [0, 0.05) is 22.7 Å². The van der Waals surface area contributed by atoms with Crippen LogP contribution in [0.4, 0.5) is 0 Å². The van der Waals surface area contributed by atoms with E-state index in [9.17, 15) is 4.79 Å². The van der Waals surface area contributed by atoms with E-state index in [1.807, 2.05) is 54.7 Å². The first-order valence-corrected chi connectivity index (χ1v) is 9.61. The fourth-order valence-electron chi connectivity index (χ4n) is 3.21. The van der Waals surface area contributed by atoms with Crippen LogP contribution < -0.4 is 9.47 Å². The molecule has 2 aromatic carbocycles. The number of nitrogens with one attached hydrogen (secondary N) is 1. The van der Waals surface area contributed by atoms with Gasteiger partial charge in [0.15, 0.2) is 11.5 Å². The molecule has 0 spiro atoms. The van der Waals surface area contributed by atoms with Crippen LogP contribution in [-0.2, 0) is 11.3 Å². The number of carbonyl (C=O) groups is 1. The molecule has 0 atom stereocenters. The van der Waals surface area contributed by atoms with Crippen LogP contribution in [0.2, 0.25) is 0 Å². The van der Waals surface area contributed by atoms with Gasteiger partial charge in [-0.25, -0.2) is 0 Å². The fraction of sp³-hybridized carbons (Fsp3) is 0.100. The van der Waals surface area contributed by atoms with Gasteiger partial charge in [-0.2, -0.15) is 0 Å². The predicted molar refractivity (Wildman–Crippen MR) is 110 cm³/mol. The molecule has 5 rings (SSSR count). The van der Waals surface area contributed by atoms with Crippen molar-refractivity contribution in [3.05, 3.63) is 64.7 Å². The molecule has 3 aromatic rings. The number of hydrogen-bond donors (Lipinski definition) is 1. The fourth-order valence-corrected chi connectivity index (χ4v) is 4.46. The van der Waals surface area contributed by atoms with Crippen LogP contribution in [0.1, 0.15) is 11.1 Å². The Morgan fingerprint density at radius 1 is 1.19 bits per heavy atom. The summed E-state index contributed by atoms with van der Waals surface area (Å²) in [5, 5.41) is 1.08. The second-order valence-corrected chi connectivity index (χ2v) is 7.92. The standard InChI is InChI=1S/C20H14N2O3S2/c23-19-18(8-13-9-21-15-4-2-1-3-14(13)15)27-20(26)22(19)10-12-5-6-16-17(7-12)25-11-24-16/h1-9,21H,10-11H2. The van der Waals surface area contributed by atoms with Gasteiger partial charge in [-0.1, -0.05) is 48.2 Å². The Bertz CT molecular complexity index is 1120. The number of thiocarbonyl (C=S) groups is 1. The minimum atomic E-state index is -0.0760. The third kappa shape index (κ3) is 2.89. The van der Waals surface area contributed by atoms with E-state index in [1.165, 1.54) is 11.8 Å². The molecule has 1 amide bonds. The Balaban J connectivity index is 1.41. The van der Waals surface area contributed by atoms with E-state index >= 15 is 0 Å². The molecular weight excluding hydrogens is 380 g/mol. The van der Waals surface area contributed by atoms with Gasteiger partial charge in [0.1, 0.15) is 4.32 Å². The van der Waals surface area contributed by atoms with Crippen molar-refractivity contribution in [1.82, 2.24) is 9.88 Å². The Labute approximate surface area is 164 Å². The maximum Gasteiger partial charge on any atom is 0.266 e. The van der Waals surface area contributed by atoms with Crippen LogP contribution in [0.3, 0.4) is 0 Å². The van der Waals surface area contributed by atoms with Gasteiger partial charge in [-0.3, -0.25) is 9.69 Å². The number of H-pyrrole nitrogens is 1. The minimum absolute atomic E-state index is 0.0760. The lowest BCUT2D eigenvalue weighted by Crippen LogP contribution is -2.27. The molecule has 134 valence electrons. The zero-order valence-corrected chi connectivity index (χ0v) is 15.7. The smallest absolute Gasteiger partial charge is 0.266 e. The third-order valence-corrected chi connectivity index (χ3v) is 5.94. The molecule has 0 bridgehead atoms. The SMILES string of the molecule is O=C1C(=Cc2c[nH]c3ccccc23)SC(=S)N1Cc1ccc2c(c1)OCO2. The highest BCUT2D eigenvalue weighted by molar-refractivity contribution is 8.26. The topological polar surface area (TPSA) is 54.6 Å². The van der Waals surface area contributed by atoms with Crippen molar-refractivity contribution in [3.8, 4) is 11.5 Å². The van der Waals surface area contributed by atoms with Crippen LogP contribution in [0.25, 0.3) is 17.0 Å². The van der Waals surface area contributed by atoms with E-state index in [0.717, 1.165) is 27.8 Å². The number of hydrogen-bond acceptors (Lipinski definition) is 5. The first-order valence-electron chi connectivity index (χ1n) is 8.39. The summed E-state index contributed by atoms with van der Waals surface area (Å²) in [6.07, 6.45) is 3.81. The number of benzene rings is 2. The van der Waals surface area contributed by atoms with Crippen molar-refractivity contribution in [2.75, 3.05) is 6.79 Å². The number of thioether (sulfide) groups is 1. The highest BCUT2D eigenvalue weighted by Gasteiger charge is 2.32. The molecule has 0 unspecified atom stereocenters. The number of aromatic amines is 1. The van der Waals surface area contributed by atoms with Crippen molar-refractivity contribution < 1.29 is 14.3 Å². The molecule has 7 heteroatoms. The molecule has 0 saturated carbocycles. The zero-order valence-electron chi connectivity index (χ0n) is 14.1. The van der Waals surface area contributed by atoms with E-state index in [-0.39, 0.29) is 12.7 Å². The number of para-hydroxylation sites is 1.